The number of hydrogen-bond donors (Lipinski definition) is 1. The number of rotatable bonds is 8. The fourth-order valence-electron chi connectivity index (χ4n) is 2.80. The van der Waals surface area contributed by atoms with Crippen molar-refractivity contribution >= 4 is 17.8 Å². The molecule has 9 nitrogen and oxygen atoms in total. The summed E-state index contributed by atoms with van der Waals surface area (Å²) in [6, 6.07) is 13.3. The molecule has 0 bridgehead atoms. The Labute approximate surface area is 178 Å². The Morgan fingerprint density at radius 1 is 1.26 bits per heavy atom. The third-order valence-corrected chi connectivity index (χ3v) is 4.37. The molecule has 0 atom stereocenters. The van der Waals surface area contributed by atoms with Crippen LogP contribution in [-0.4, -0.2) is 29.1 Å². The van der Waals surface area contributed by atoms with Crippen molar-refractivity contribution in [3.05, 3.63) is 93.3 Å². The summed E-state index contributed by atoms with van der Waals surface area (Å²) in [6.07, 6.45) is 4.54. The third-order valence-electron chi connectivity index (χ3n) is 4.37. The third kappa shape index (κ3) is 5.63. The molecule has 3 aromatic rings. The first kappa shape index (κ1) is 21.4. The number of pyridine rings is 1. The summed E-state index contributed by atoms with van der Waals surface area (Å²) in [4.78, 5) is 26.4. The zero-order valence-electron chi connectivity index (χ0n) is 16.9. The number of amides is 1. The quantitative estimate of drug-likeness (QED) is 0.338. The van der Waals surface area contributed by atoms with Crippen molar-refractivity contribution in [2.75, 3.05) is 7.11 Å². The number of benzene rings is 2. The first-order chi connectivity index (χ1) is 15.0. The number of nitro benzene ring substituents is 1. The molecule has 0 aliphatic rings. The maximum absolute atomic E-state index is 12.0. The van der Waals surface area contributed by atoms with Crippen LogP contribution in [0.5, 0.6) is 11.5 Å². The highest BCUT2D eigenvalue weighted by Crippen LogP contribution is 2.25. The van der Waals surface area contributed by atoms with Crippen LogP contribution in [0.1, 0.15) is 27.0 Å². The minimum Gasteiger partial charge on any atom is -0.496 e. The topological polar surface area (TPSA) is 116 Å². The van der Waals surface area contributed by atoms with Crippen molar-refractivity contribution in [2.45, 2.75) is 13.5 Å². The van der Waals surface area contributed by atoms with E-state index in [4.69, 9.17) is 9.47 Å². The molecule has 0 spiro atoms. The second kappa shape index (κ2) is 9.97. The van der Waals surface area contributed by atoms with Gasteiger partial charge < -0.3 is 9.47 Å². The van der Waals surface area contributed by atoms with Crippen molar-refractivity contribution in [3.8, 4) is 11.5 Å². The first-order valence-corrected chi connectivity index (χ1v) is 9.26. The molecule has 0 unspecified atom stereocenters. The second-order valence-corrected chi connectivity index (χ2v) is 6.51. The number of ether oxygens (including phenoxy) is 2. The van der Waals surface area contributed by atoms with Crippen LogP contribution in [0.3, 0.4) is 0 Å². The van der Waals surface area contributed by atoms with E-state index in [2.05, 4.69) is 15.5 Å². The molecule has 158 valence electrons. The van der Waals surface area contributed by atoms with Gasteiger partial charge in [0.1, 0.15) is 18.1 Å². The molecule has 9 heteroatoms. The molecule has 0 radical (unpaired) electrons. The minimum absolute atomic E-state index is 0.0384. The molecule has 2 aromatic carbocycles. The number of nitrogens with zero attached hydrogens (tertiary/aromatic N) is 3. The zero-order chi connectivity index (χ0) is 22.2. The number of hydrazone groups is 1. The van der Waals surface area contributed by atoms with Gasteiger partial charge in [-0.1, -0.05) is 0 Å². The molecule has 1 heterocycles. The number of carbonyl (C=O) groups is 1. The summed E-state index contributed by atoms with van der Waals surface area (Å²) in [7, 11) is 1.55. The smallest absolute Gasteiger partial charge is 0.272 e. The summed E-state index contributed by atoms with van der Waals surface area (Å²) in [5.74, 6) is 0.762. The molecular weight excluding hydrogens is 400 g/mol. The Morgan fingerprint density at radius 3 is 2.77 bits per heavy atom. The van der Waals surface area contributed by atoms with Gasteiger partial charge >= 0.3 is 0 Å². The monoisotopic (exact) mass is 420 g/mol. The summed E-state index contributed by atoms with van der Waals surface area (Å²) < 4.78 is 11.2. The lowest BCUT2D eigenvalue weighted by Crippen LogP contribution is -2.17. The highest BCUT2D eigenvalue weighted by Gasteiger charge is 2.12. The fraction of sp³-hybridized carbons (Fsp3) is 0.136. The van der Waals surface area contributed by atoms with Crippen LogP contribution in [-0.2, 0) is 6.61 Å². The molecule has 3 rings (SSSR count). The number of carbonyl (C=O) groups excluding carboxylic acids is 1. The lowest BCUT2D eigenvalue weighted by molar-refractivity contribution is -0.385. The van der Waals surface area contributed by atoms with Crippen LogP contribution in [0.4, 0.5) is 5.69 Å². The number of nitro groups is 1. The van der Waals surface area contributed by atoms with E-state index in [1.807, 2.05) is 6.07 Å². The minimum atomic E-state index is -0.433. The van der Waals surface area contributed by atoms with E-state index in [0.717, 1.165) is 11.1 Å². The molecule has 0 aliphatic heterocycles. The Hall–Kier alpha value is -4.27. The van der Waals surface area contributed by atoms with E-state index in [9.17, 15) is 14.9 Å². The second-order valence-electron chi connectivity index (χ2n) is 6.51. The predicted molar refractivity (Wildman–Crippen MR) is 114 cm³/mol. The van der Waals surface area contributed by atoms with Gasteiger partial charge in [-0.3, -0.25) is 19.9 Å². The van der Waals surface area contributed by atoms with Gasteiger partial charge in [0.05, 0.1) is 23.8 Å². The highest BCUT2D eigenvalue weighted by molar-refractivity contribution is 5.94. The number of aromatic nitrogens is 1. The maximum atomic E-state index is 12.0. The Morgan fingerprint density at radius 2 is 2.10 bits per heavy atom. The normalized spacial score (nSPS) is 10.6. The van der Waals surface area contributed by atoms with Gasteiger partial charge in [0.15, 0.2) is 0 Å². The molecule has 0 saturated carbocycles. The molecule has 0 saturated heterocycles. The fourth-order valence-corrected chi connectivity index (χ4v) is 2.80. The Balaban J connectivity index is 1.68. The number of hydrogen-bond acceptors (Lipinski definition) is 7. The van der Waals surface area contributed by atoms with Crippen LogP contribution in [0, 0.1) is 17.0 Å². The van der Waals surface area contributed by atoms with Crippen LogP contribution in [0.25, 0.3) is 0 Å². The average molecular weight is 420 g/mol. The lowest BCUT2D eigenvalue weighted by Gasteiger charge is -2.11. The number of nitrogens with one attached hydrogen (secondary N) is 1. The molecule has 1 aromatic heterocycles. The van der Waals surface area contributed by atoms with Crippen LogP contribution in [0.2, 0.25) is 0 Å². The first-order valence-electron chi connectivity index (χ1n) is 9.26. The van der Waals surface area contributed by atoms with Crippen molar-refractivity contribution in [1.29, 1.82) is 0 Å². The lowest BCUT2D eigenvalue weighted by atomic mass is 10.1. The van der Waals surface area contributed by atoms with E-state index in [-0.39, 0.29) is 18.2 Å². The van der Waals surface area contributed by atoms with Crippen molar-refractivity contribution in [1.82, 2.24) is 10.4 Å². The zero-order valence-corrected chi connectivity index (χ0v) is 16.9. The Kier molecular flexibility index (Phi) is 6.89. The van der Waals surface area contributed by atoms with Gasteiger partial charge in [0.25, 0.3) is 11.6 Å². The van der Waals surface area contributed by atoms with Crippen LogP contribution in [0.15, 0.2) is 66.0 Å². The van der Waals surface area contributed by atoms with E-state index in [1.54, 1.807) is 56.6 Å². The highest BCUT2D eigenvalue weighted by atomic mass is 16.6. The molecule has 1 amide bonds. The van der Waals surface area contributed by atoms with Gasteiger partial charge in [0, 0.05) is 29.6 Å². The molecule has 0 fully saturated rings. The summed E-state index contributed by atoms with van der Waals surface area (Å²) in [5, 5.41) is 14.9. The van der Waals surface area contributed by atoms with Gasteiger partial charge in [-0.15, -0.1) is 0 Å². The van der Waals surface area contributed by atoms with Crippen LogP contribution < -0.4 is 14.9 Å². The number of methoxy groups -OCH3 is 1. The molecule has 31 heavy (non-hydrogen) atoms. The number of aryl methyl sites for hydroxylation is 1. The summed E-state index contributed by atoms with van der Waals surface area (Å²) >= 11 is 0. The van der Waals surface area contributed by atoms with Crippen molar-refractivity contribution in [2.24, 2.45) is 5.10 Å². The van der Waals surface area contributed by atoms with Crippen molar-refractivity contribution < 1.29 is 19.2 Å². The summed E-state index contributed by atoms with van der Waals surface area (Å²) in [5.41, 5.74) is 4.88. The predicted octanol–water partition coefficient (Wildman–Crippen LogP) is 3.65. The molecule has 1 N–H and O–H groups in total. The van der Waals surface area contributed by atoms with Gasteiger partial charge in [-0.05, 0) is 55.0 Å². The van der Waals surface area contributed by atoms with Crippen LogP contribution >= 0.6 is 0 Å². The van der Waals surface area contributed by atoms with E-state index < -0.39 is 4.92 Å². The average Bonchev–Trinajstić information content (AvgIpc) is 2.78. The van der Waals surface area contributed by atoms with E-state index >= 15 is 0 Å². The maximum Gasteiger partial charge on any atom is 0.272 e. The largest absolute Gasteiger partial charge is 0.496 e. The van der Waals surface area contributed by atoms with Gasteiger partial charge in [0.2, 0.25) is 0 Å². The van der Waals surface area contributed by atoms with Gasteiger partial charge in [-0.25, -0.2) is 5.43 Å². The van der Waals surface area contributed by atoms with Gasteiger partial charge in [-0.2, -0.15) is 5.10 Å². The Bertz CT molecular complexity index is 1120. The molecular formula is C22H20N4O5. The standard InChI is InChI=1S/C22H20N4O5/c1-15-10-19(6-7-20(15)26(28)29)31-14-18-11-16(5-8-21(18)30-2)12-24-25-22(27)17-4-3-9-23-13-17/h3-13H,14H2,1-2H3,(H,25,27)/b24-12+. The molecule has 0 aliphatic carbocycles. The SMILES string of the molecule is COc1ccc(/C=N/NC(=O)c2cccnc2)cc1COc1ccc([N+](=O)[O-])c(C)c1. The van der Waals surface area contributed by atoms with E-state index in [0.29, 0.717) is 22.6 Å². The van der Waals surface area contributed by atoms with E-state index in [1.165, 1.54) is 18.5 Å². The summed E-state index contributed by atoms with van der Waals surface area (Å²) in [6.45, 7) is 1.84. The van der Waals surface area contributed by atoms with Crippen molar-refractivity contribution in [3.63, 3.8) is 0 Å².